The largest absolute Gasteiger partial charge is 0.490 e. The standard InChI is InChI=1S/C30H36F3N3O4/c1-27(2)22-7-5-6-21(24(22)40-28(27,3)4)18-35-15-10-29(11-16-35)12-17-36(25(37)20-8-13-34-14-9-20)19-23(29)39-26(38)30(31,32)33/h5-9,13-14,23H,10-12,15-19H2,1-4H3. The first kappa shape index (κ1) is 28.4. The summed E-state index contributed by atoms with van der Waals surface area (Å²) in [6.07, 6.45) is -1.59. The molecule has 5 rings (SSSR count). The zero-order valence-corrected chi connectivity index (χ0v) is 23.4. The van der Waals surface area contributed by atoms with Gasteiger partial charge in [0.2, 0.25) is 0 Å². The molecule has 1 atom stereocenters. The van der Waals surface area contributed by atoms with Crippen molar-refractivity contribution >= 4 is 11.9 Å². The number of carbonyl (C=O) groups excluding carboxylic acids is 2. The van der Waals surface area contributed by atoms with Crippen LogP contribution in [0.5, 0.6) is 5.75 Å². The number of hydrogen-bond donors (Lipinski definition) is 0. The van der Waals surface area contributed by atoms with Gasteiger partial charge in [0.15, 0.2) is 0 Å². The van der Waals surface area contributed by atoms with Crippen LogP contribution in [0.2, 0.25) is 0 Å². The van der Waals surface area contributed by atoms with Crippen LogP contribution in [0.3, 0.4) is 0 Å². The summed E-state index contributed by atoms with van der Waals surface area (Å²) in [6, 6.07) is 9.36. The van der Waals surface area contributed by atoms with Gasteiger partial charge in [-0.25, -0.2) is 4.79 Å². The number of hydrogen-bond acceptors (Lipinski definition) is 6. The minimum Gasteiger partial charge on any atom is -0.486 e. The lowest BCUT2D eigenvalue weighted by Gasteiger charge is -2.51. The fourth-order valence-corrected chi connectivity index (χ4v) is 6.22. The Morgan fingerprint density at radius 1 is 1.02 bits per heavy atom. The molecule has 0 bridgehead atoms. The van der Waals surface area contributed by atoms with Crippen molar-refractivity contribution in [2.75, 3.05) is 26.2 Å². The Labute approximate surface area is 232 Å². The fraction of sp³-hybridized carbons (Fsp3) is 0.567. The number of halogens is 3. The van der Waals surface area contributed by atoms with Gasteiger partial charge in [0.1, 0.15) is 17.5 Å². The molecule has 2 aromatic rings. The number of aromatic nitrogens is 1. The first-order chi connectivity index (χ1) is 18.7. The maximum Gasteiger partial charge on any atom is 0.490 e. The van der Waals surface area contributed by atoms with Gasteiger partial charge in [0, 0.05) is 53.0 Å². The van der Waals surface area contributed by atoms with E-state index in [-0.39, 0.29) is 23.5 Å². The third kappa shape index (κ3) is 5.06. The zero-order valence-electron chi connectivity index (χ0n) is 23.4. The summed E-state index contributed by atoms with van der Waals surface area (Å²) in [6.45, 7) is 10.8. The monoisotopic (exact) mass is 559 g/mol. The number of amides is 1. The number of likely N-dealkylation sites (tertiary alicyclic amines) is 2. The maximum atomic E-state index is 13.2. The van der Waals surface area contributed by atoms with Crippen molar-refractivity contribution in [2.24, 2.45) is 5.41 Å². The number of rotatable bonds is 4. The van der Waals surface area contributed by atoms with E-state index in [1.54, 1.807) is 12.1 Å². The average molecular weight is 560 g/mol. The Hall–Kier alpha value is -3.14. The molecular formula is C30H36F3N3O4. The molecule has 1 spiro atoms. The topological polar surface area (TPSA) is 72.0 Å². The Balaban J connectivity index is 1.31. The predicted molar refractivity (Wildman–Crippen MR) is 142 cm³/mol. The van der Waals surface area contributed by atoms with Crippen LogP contribution in [-0.4, -0.2) is 70.7 Å². The van der Waals surface area contributed by atoms with Crippen molar-refractivity contribution in [3.63, 3.8) is 0 Å². The second-order valence-corrected chi connectivity index (χ2v) is 12.3. The summed E-state index contributed by atoms with van der Waals surface area (Å²) < 4.78 is 51.2. The lowest BCUT2D eigenvalue weighted by atomic mass is 9.69. The van der Waals surface area contributed by atoms with Crippen molar-refractivity contribution in [3.8, 4) is 5.75 Å². The van der Waals surface area contributed by atoms with Gasteiger partial charge in [-0.2, -0.15) is 13.2 Å². The minimum absolute atomic E-state index is 0.0762. The molecule has 0 saturated carbocycles. The van der Waals surface area contributed by atoms with E-state index in [1.807, 2.05) is 6.07 Å². The van der Waals surface area contributed by atoms with Gasteiger partial charge in [-0.3, -0.25) is 14.7 Å². The SMILES string of the molecule is CC1(C)Oc2c(CN3CCC4(CC3)CCN(C(=O)c3ccncc3)CC4OC(=O)C(F)(F)F)cccc2C1(C)C. The molecule has 1 amide bonds. The van der Waals surface area contributed by atoms with E-state index < -0.39 is 23.7 Å². The van der Waals surface area contributed by atoms with E-state index in [1.165, 1.54) is 22.9 Å². The van der Waals surface area contributed by atoms with Gasteiger partial charge in [0.25, 0.3) is 5.91 Å². The van der Waals surface area contributed by atoms with Crippen molar-refractivity contribution < 1.29 is 32.2 Å². The van der Waals surface area contributed by atoms with Gasteiger partial charge < -0.3 is 14.4 Å². The molecular weight excluding hydrogens is 523 g/mol. The van der Waals surface area contributed by atoms with Crippen LogP contribution in [0.1, 0.15) is 68.4 Å². The number of carbonyl (C=O) groups is 2. The number of esters is 1. The normalized spacial score (nSPS) is 23.4. The maximum absolute atomic E-state index is 13.2. The van der Waals surface area contributed by atoms with Crippen molar-refractivity contribution in [1.82, 2.24) is 14.8 Å². The Morgan fingerprint density at radius 3 is 2.33 bits per heavy atom. The minimum atomic E-state index is -5.10. The zero-order chi connectivity index (χ0) is 28.9. The van der Waals surface area contributed by atoms with Crippen LogP contribution in [0.15, 0.2) is 42.7 Å². The van der Waals surface area contributed by atoms with E-state index in [0.29, 0.717) is 51.0 Å². The second kappa shape index (κ2) is 10.0. The lowest BCUT2D eigenvalue weighted by molar-refractivity contribution is -0.216. The average Bonchev–Trinajstić information content (AvgIpc) is 3.10. The molecule has 1 aromatic heterocycles. The summed E-state index contributed by atoms with van der Waals surface area (Å²) in [5, 5.41) is 0. The van der Waals surface area contributed by atoms with Gasteiger partial charge in [-0.1, -0.05) is 32.0 Å². The molecule has 4 heterocycles. The van der Waals surface area contributed by atoms with Gasteiger partial charge in [-0.05, 0) is 58.3 Å². The number of ether oxygens (including phenoxy) is 2. The van der Waals surface area contributed by atoms with Crippen LogP contribution in [-0.2, 0) is 21.5 Å². The molecule has 2 fully saturated rings. The fourth-order valence-electron chi connectivity index (χ4n) is 6.22. The van der Waals surface area contributed by atoms with Crippen molar-refractivity contribution in [2.45, 2.75) is 76.8 Å². The molecule has 1 unspecified atom stereocenters. The van der Waals surface area contributed by atoms with Crippen LogP contribution in [0, 0.1) is 5.41 Å². The number of fused-ring (bicyclic) bond motifs is 1. The van der Waals surface area contributed by atoms with Crippen LogP contribution in [0.4, 0.5) is 13.2 Å². The summed E-state index contributed by atoms with van der Waals surface area (Å²) in [5.41, 5.74) is 1.52. The van der Waals surface area contributed by atoms with E-state index in [4.69, 9.17) is 9.47 Å². The molecule has 3 aliphatic rings. The molecule has 10 heteroatoms. The van der Waals surface area contributed by atoms with E-state index >= 15 is 0 Å². The second-order valence-electron chi connectivity index (χ2n) is 12.3. The third-order valence-corrected chi connectivity index (χ3v) is 9.52. The first-order valence-electron chi connectivity index (χ1n) is 13.7. The molecule has 2 saturated heterocycles. The molecule has 40 heavy (non-hydrogen) atoms. The Bertz CT molecular complexity index is 1270. The number of pyridine rings is 1. The number of alkyl halides is 3. The molecule has 1 aromatic carbocycles. The highest BCUT2D eigenvalue weighted by Gasteiger charge is 2.52. The Morgan fingerprint density at radius 2 is 1.68 bits per heavy atom. The molecule has 7 nitrogen and oxygen atoms in total. The molecule has 0 N–H and O–H groups in total. The summed E-state index contributed by atoms with van der Waals surface area (Å²) in [7, 11) is 0. The summed E-state index contributed by atoms with van der Waals surface area (Å²) >= 11 is 0. The number of para-hydroxylation sites is 1. The highest BCUT2D eigenvalue weighted by molar-refractivity contribution is 5.94. The van der Waals surface area contributed by atoms with Gasteiger partial charge in [-0.15, -0.1) is 0 Å². The smallest absolute Gasteiger partial charge is 0.486 e. The number of piperidine rings is 2. The van der Waals surface area contributed by atoms with Crippen molar-refractivity contribution in [1.29, 1.82) is 0 Å². The number of nitrogens with zero attached hydrogens (tertiary/aromatic N) is 3. The van der Waals surface area contributed by atoms with Crippen molar-refractivity contribution in [3.05, 3.63) is 59.4 Å². The van der Waals surface area contributed by atoms with E-state index in [0.717, 1.165) is 11.3 Å². The summed E-state index contributed by atoms with van der Waals surface area (Å²) in [5.74, 6) is -1.61. The van der Waals surface area contributed by atoms with E-state index in [2.05, 4.69) is 49.7 Å². The van der Waals surface area contributed by atoms with Gasteiger partial charge in [0.05, 0.1) is 6.54 Å². The highest BCUT2D eigenvalue weighted by Crippen LogP contribution is 2.51. The van der Waals surface area contributed by atoms with E-state index in [9.17, 15) is 22.8 Å². The quantitative estimate of drug-likeness (QED) is 0.484. The molecule has 0 radical (unpaired) electrons. The third-order valence-electron chi connectivity index (χ3n) is 9.52. The predicted octanol–water partition coefficient (Wildman–Crippen LogP) is 5.13. The Kier molecular flexibility index (Phi) is 7.13. The molecule has 216 valence electrons. The molecule has 3 aliphatic heterocycles. The van der Waals surface area contributed by atoms with Crippen LogP contribution < -0.4 is 4.74 Å². The first-order valence-corrected chi connectivity index (χ1v) is 13.7. The lowest BCUT2D eigenvalue weighted by Crippen LogP contribution is -2.58. The highest BCUT2D eigenvalue weighted by atomic mass is 19.4. The number of benzene rings is 1. The molecule has 0 aliphatic carbocycles. The van der Waals surface area contributed by atoms with Gasteiger partial charge >= 0.3 is 12.1 Å². The van der Waals surface area contributed by atoms with Crippen LogP contribution in [0.25, 0.3) is 0 Å². The summed E-state index contributed by atoms with van der Waals surface area (Å²) in [4.78, 5) is 32.7. The van der Waals surface area contributed by atoms with Crippen LogP contribution >= 0.6 is 0 Å².